The Morgan fingerprint density at radius 1 is 1.00 bits per heavy atom. The molecule has 1 saturated heterocycles. The Hall–Kier alpha value is -2.01. The van der Waals surface area contributed by atoms with Gasteiger partial charge in [0.05, 0.1) is 7.11 Å². The van der Waals surface area contributed by atoms with Crippen molar-refractivity contribution >= 4 is 21.8 Å². The summed E-state index contributed by atoms with van der Waals surface area (Å²) in [5, 5.41) is 0. The number of carbonyl (C=O) groups is 1. The number of methoxy groups -OCH3 is 1. The Labute approximate surface area is 150 Å². The fourth-order valence-corrected chi connectivity index (χ4v) is 3.06. The molecule has 0 atom stereocenters. The second-order valence-corrected chi connectivity index (χ2v) is 6.71. The van der Waals surface area contributed by atoms with Crippen LogP contribution in [0.2, 0.25) is 0 Å². The maximum Gasteiger partial charge on any atom is 0.253 e. The first-order valence-electron chi connectivity index (χ1n) is 8.01. The van der Waals surface area contributed by atoms with Gasteiger partial charge in [-0.3, -0.25) is 4.79 Å². The predicted octanol–water partition coefficient (Wildman–Crippen LogP) is 4.14. The van der Waals surface area contributed by atoms with Gasteiger partial charge in [0.25, 0.3) is 5.91 Å². The number of carbonyl (C=O) groups excluding carboxylic acids is 1. The van der Waals surface area contributed by atoms with Crippen LogP contribution in [-0.2, 0) is 0 Å². The third-order valence-corrected chi connectivity index (χ3v) is 4.71. The molecule has 0 bridgehead atoms. The highest BCUT2D eigenvalue weighted by molar-refractivity contribution is 9.10. The molecule has 0 N–H and O–H groups in total. The average Bonchev–Trinajstić information content (AvgIpc) is 2.63. The number of likely N-dealkylation sites (tertiary alicyclic amines) is 1. The molecular formula is C19H20BrNO3. The molecular weight excluding hydrogens is 370 g/mol. The molecule has 2 aromatic rings. The minimum atomic E-state index is 0.0883. The zero-order valence-electron chi connectivity index (χ0n) is 13.6. The lowest BCUT2D eigenvalue weighted by Crippen LogP contribution is -2.41. The van der Waals surface area contributed by atoms with Crippen LogP contribution in [0.25, 0.3) is 0 Å². The number of amides is 1. The van der Waals surface area contributed by atoms with Gasteiger partial charge >= 0.3 is 0 Å². The SMILES string of the molecule is COc1ccc(OC2CCN(C(=O)c3ccc(Br)cc3)CC2)cc1. The van der Waals surface area contributed by atoms with Gasteiger partial charge in [-0.15, -0.1) is 0 Å². The van der Waals surface area contributed by atoms with E-state index in [1.807, 2.05) is 53.4 Å². The topological polar surface area (TPSA) is 38.8 Å². The summed E-state index contributed by atoms with van der Waals surface area (Å²) in [5.74, 6) is 1.75. The molecule has 0 radical (unpaired) electrons. The lowest BCUT2D eigenvalue weighted by Gasteiger charge is -2.32. The van der Waals surface area contributed by atoms with Crippen LogP contribution < -0.4 is 9.47 Å². The van der Waals surface area contributed by atoms with Gasteiger partial charge < -0.3 is 14.4 Å². The highest BCUT2D eigenvalue weighted by Crippen LogP contribution is 2.23. The molecule has 0 spiro atoms. The van der Waals surface area contributed by atoms with Gasteiger partial charge in [0.1, 0.15) is 17.6 Å². The number of hydrogen-bond acceptors (Lipinski definition) is 3. The number of nitrogens with zero attached hydrogens (tertiary/aromatic N) is 1. The minimum absolute atomic E-state index is 0.0883. The van der Waals surface area contributed by atoms with Crippen molar-refractivity contribution in [3.05, 3.63) is 58.6 Å². The summed E-state index contributed by atoms with van der Waals surface area (Å²) >= 11 is 3.39. The zero-order valence-corrected chi connectivity index (χ0v) is 15.2. The van der Waals surface area contributed by atoms with E-state index in [1.165, 1.54) is 0 Å². The molecule has 0 saturated carbocycles. The third kappa shape index (κ3) is 4.09. The lowest BCUT2D eigenvalue weighted by molar-refractivity contribution is 0.0595. The smallest absolute Gasteiger partial charge is 0.253 e. The lowest BCUT2D eigenvalue weighted by atomic mass is 10.1. The fourth-order valence-electron chi connectivity index (χ4n) is 2.80. The maximum atomic E-state index is 12.5. The molecule has 2 aromatic carbocycles. The second kappa shape index (κ2) is 7.71. The summed E-state index contributed by atoms with van der Waals surface area (Å²) in [6.45, 7) is 1.44. The number of hydrogen-bond donors (Lipinski definition) is 0. The van der Waals surface area contributed by atoms with Gasteiger partial charge in [-0.05, 0) is 48.5 Å². The summed E-state index contributed by atoms with van der Waals surface area (Å²) in [4.78, 5) is 14.4. The van der Waals surface area contributed by atoms with Crippen molar-refractivity contribution in [1.82, 2.24) is 4.90 Å². The van der Waals surface area contributed by atoms with E-state index >= 15 is 0 Å². The molecule has 1 amide bonds. The molecule has 1 aliphatic rings. The normalized spacial score (nSPS) is 15.2. The van der Waals surface area contributed by atoms with Gasteiger partial charge in [-0.1, -0.05) is 15.9 Å². The first-order chi connectivity index (χ1) is 11.7. The number of ether oxygens (including phenoxy) is 2. The Balaban J connectivity index is 1.53. The van der Waals surface area contributed by atoms with E-state index in [0.29, 0.717) is 0 Å². The highest BCUT2D eigenvalue weighted by atomic mass is 79.9. The van der Waals surface area contributed by atoms with E-state index in [2.05, 4.69) is 15.9 Å². The maximum absolute atomic E-state index is 12.5. The molecule has 1 heterocycles. The number of halogens is 1. The second-order valence-electron chi connectivity index (χ2n) is 5.79. The molecule has 24 heavy (non-hydrogen) atoms. The summed E-state index contributed by atoms with van der Waals surface area (Å²) in [6, 6.07) is 15.1. The molecule has 0 aliphatic carbocycles. The van der Waals surface area contributed by atoms with Crippen LogP contribution in [0.15, 0.2) is 53.0 Å². The monoisotopic (exact) mass is 389 g/mol. The van der Waals surface area contributed by atoms with E-state index in [9.17, 15) is 4.79 Å². The van der Waals surface area contributed by atoms with E-state index in [-0.39, 0.29) is 12.0 Å². The van der Waals surface area contributed by atoms with Gasteiger partial charge in [-0.2, -0.15) is 0 Å². The first-order valence-corrected chi connectivity index (χ1v) is 8.80. The molecule has 126 valence electrons. The quantitative estimate of drug-likeness (QED) is 0.788. The van der Waals surface area contributed by atoms with Crippen LogP contribution in [0.1, 0.15) is 23.2 Å². The fraction of sp³-hybridized carbons (Fsp3) is 0.316. The third-order valence-electron chi connectivity index (χ3n) is 4.18. The van der Waals surface area contributed by atoms with Gasteiger partial charge in [0.15, 0.2) is 0 Å². The number of piperidine rings is 1. The summed E-state index contributed by atoms with van der Waals surface area (Å²) < 4.78 is 12.1. The van der Waals surface area contributed by atoms with Gasteiger partial charge in [0.2, 0.25) is 0 Å². The summed E-state index contributed by atoms with van der Waals surface area (Å²) in [5.41, 5.74) is 0.729. The van der Waals surface area contributed by atoms with Crippen molar-refractivity contribution in [2.45, 2.75) is 18.9 Å². The van der Waals surface area contributed by atoms with Gasteiger partial charge in [-0.25, -0.2) is 0 Å². The molecule has 4 nitrogen and oxygen atoms in total. The van der Waals surface area contributed by atoms with Crippen molar-refractivity contribution in [1.29, 1.82) is 0 Å². The minimum Gasteiger partial charge on any atom is -0.497 e. The van der Waals surface area contributed by atoms with Crippen LogP contribution in [-0.4, -0.2) is 37.1 Å². The van der Waals surface area contributed by atoms with Crippen molar-refractivity contribution < 1.29 is 14.3 Å². The molecule has 5 heteroatoms. The van der Waals surface area contributed by atoms with Crippen LogP contribution >= 0.6 is 15.9 Å². The van der Waals surface area contributed by atoms with E-state index in [1.54, 1.807) is 7.11 Å². The molecule has 0 aromatic heterocycles. The summed E-state index contributed by atoms with van der Waals surface area (Å²) in [6.07, 6.45) is 1.83. The Morgan fingerprint density at radius 3 is 2.17 bits per heavy atom. The Kier molecular flexibility index (Phi) is 5.41. The number of benzene rings is 2. The van der Waals surface area contributed by atoms with E-state index in [0.717, 1.165) is 47.5 Å². The molecule has 3 rings (SSSR count). The standard InChI is InChI=1S/C19H20BrNO3/c1-23-16-6-8-17(9-7-16)24-18-10-12-21(13-11-18)19(22)14-2-4-15(20)5-3-14/h2-9,18H,10-13H2,1H3. The van der Waals surface area contributed by atoms with Gasteiger partial charge in [0, 0.05) is 36.0 Å². The average molecular weight is 390 g/mol. The summed E-state index contributed by atoms with van der Waals surface area (Å²) in [7, 11) is 1.65. The molecule has 1 aliphatic heterocycles. The van der Waals surface area contributed by atoms with Crippen molar-refractivity contribution in [3.8, 4) is 11.5 Å². The Bertz CT molecular complexity index is 677. The number of rotatable bonds is 4. The highest BCUT2D eigenvalue weighted by Gasteiger charge is 2.24. The predicted molar refractivity (Wildman–Crippen MR) is 96.7 cm³/mol. The van der Waals surface area contributed by atoms with Crippen molar-refractivity contribution in [2.75, 3.05) is 20.2 Å². The van der Waals surface area contributed by atoms with Crippen LogP contribution in [0.4, 0.5) is 0 Å². The van der Waals surface area contributed by atoms with Crippen LogP contribution in [0, 0.1) is 0 Å². The molecule has 0 unspecified atom stereocenters. The van der Waals surface area contributed by atoms with Crippen LogP contribution in [0.5, 0.6) is 11.5 Å². The molecule has 1 fully saturated rings. The zero-order chi connectivity index (χ0) is 16.9. The first kappa shape index (κ1) is 16.8. The van der Waals surface area contributed by atoms with Crippen molar-refractivity contribution in [3.63, 3.8) is 0 Å². The largest absolute Gasteiger partial charge is 0.497 e. The van der Waals surface area contributed by atoms with E-state index < -0.39 is 0 Å². The van der Waals surface area contributed by atoms with Crippen LogP contribution in [0.3, 0.4) is 0 Å². The van der Waals surface area contributed by atoms with Crippen molar-refractivity contribution in [2.24, 2.45) is 0 Å². The Morgan fingerprint density at radius 2 is 1.58 bits per heavy atom. The van der Waals surface area contributed by atoms with E-state index in [4.69, 9.17) is 9.47 Å².